The van der Waals surface area contributed by atoms with E-state index in [2.05, 4.69) is 10.6 Å². The van der Waals surface area contributed by atoms with E-state index in [0.717, 1.165) is 19.5 Å². The van der Waals surface area contributed by atoms with Crippen molar-refractivity contribution in [2.45, 2.75) is 37.0 Å². The average molecular weight is 274 g/mol. The molecule has 0 aromatic heterocycles. The Bertz CT molecular complexity index is 237. The van der Waals surface area contributed by atoms with Crippen LogP contribution in [0.3, 0.4) is 0 Å². The zero-order valence-corrected chi connectivity index (χ0v) is 11.9. The summed E-state index contributed by atoms with van der Waals surface area (Å²) >= 11 is 4.01. The van der Waals surface area contributed by atoms with Crippen molar-refractivity contribution in [2.24, 2.45) is 0 Å². The summed E-state index contributed by atoms with van der Waals surface area (Å²) in [6, 6.07) is 0.0544. The molecule has 5 heteroatoms. The molecule has 2 unspecified atom stereocenters. The summed E-state index contributed by atoms with van der Waals surface area (Å²) in [5.41, 5.74) is 0. The molecule has 0 saturated carbocycles. The molecule has 0 aromatic rings. The lowest BCUT2D eigenvalue weighted by atomic mass is 10.1. The molecule has 1 amide bonds. The number of carbonyl (C=O) groups is 1. The van der Waals surface area contributed by atoms with E-state index in [-0.39, 0.29) is 11.9 Å². The van der Waals surface area contributed by atoms with Gasteiger partial charge in [-0.1, -0.05) is 12.8 Å². The molecule has 3 nitrogen and oxygen atoms in total. The first kappa shape index (κ1) is 13.6. The molecule has 17 heavy (non-hydrogen) atoms. The predicted molar refractivity (Wildman–Crippen MR) is 76.8 cm³/mol. The van der Waals surface area contributed by atoms with Crippen molar-refractivity contribution >= 4 is 29.4 Å². The summed E-state index contributed by atoms with van der Waals surface area (Å²) in [5.74, 6) is 3.89. The van der Waals surface area contributed by atoms with Gasteiger partial charge in [0.05, 0.1) is 6.04 Å². The van der Waals surface area contributed by atoms with Crippen LogP contribution in [0, 0.1) is 0 Å². The SMILES string of the molecule is O=C(NCC1CSCCS1)C1CCCCCN1. The van der Waals surface area contributed by atoms with Crippen LogP contribution in [0.1, 0.15) is 25.7 Å². The molecule has 0 spiro atoms. The van der Waals surface area contributed by atoms with Crippen LogP contribution < -0.4 is 10.6 Å². The van der Waals surface area contributed by atoms with Gasteiger partial charge in [-0.3, -0.25) is 4.79 Å². The summed E-state index contributed by atoms with van der Waals surface area (Å²) in [5, 5.41) is 7.07. The Hall–Kier alpha value is 0.130. The fraction of sp³-hybridized carbons (Fsp3) is 0.917. The van der Waals surface area contributed by atoms with Gasteiger partial charge in [0.15, 0.2) is 0 Å². The minimum absolute atomic E-state index is 0.0544. The molecule has 0 aromatic carbocycles. The summed E-state index contributed by atoms with van der Waals surface area (Å²) in [6.45, 7) is 1.83. The highest BCUT2D eigenvalue weighted by Crippen LogP contribution is 2.23. The van der Waals surface area contributed by atoms with Crippen LogP contribution >= 0.6 is 23.5 Å². The zero-order valence-electron chi connectivity index (χ0n) is 10.2. The van der Waals surface area contributed by atoms with Crippen LogP contribution in [0.2, 0.25) is 0 Å². The second-order valence-corrected chi connectivity index (χ2v) is 7.23. The first-order valence-corrected chi connectivity index (χ1v) is 8.77. The molecule has 2 saturated heterocycles. The molecule has 2 aliphatic rings. The summed E-state index contributed by atoms with van der Waals surface area (Å²) < 4.78 is 0. The fourth-order valence-electron chi connectivity index (χ4n) is 2.24. The van der Waals surface area contributed by atoms with Crippen LogP contribution in [0.25, 0.3) is 0 Å². The molecule has 0 bridgehead atoms. The number of nitrogens with one attached hydrogen (secondary N) is 2. The number of hydrogen-bond acceptors (Lipinski definition) is 4. The van der Waals surface area contributed by atoms with Crippen molar-refractivity contribution in [1.82, 2.24) is 10.6 Å². The maximum absolute atomic E-state index is 12.0. The van der Waals surface area contributed by atoms with Gasteiger partial charge in [-0.2, -0.15) is 23.5 Å². The Kier molecular flexibility index (Phi) is 6.01. The average Bonchev–Trinajstić information content (AvgIpc) is 2.66. The second-order valence-electron chi connectivity index (χ2n) is 4.67. The lowest BCUT2D eigenvalue weighted by molar-refractivity contribution is -0.123. The van der Waals surface area contributed by atoms with Crippen molar-refractivity contribution in [1.29, 1.82) is 0 Å². The minimum Gasteiger partial charge on any atom is -0.354 e. The van der Waals surface area contributed by atoms with Gasteiger partial charge in [0.1, 0.15) is 0 Å². The molecule has 0 aliphatic carbocycles. The number of rotatable bonds is 3. The van der Waals surface area contributed by atoms with Gasteiger partial charge < -0.3 is 10.6 Å². The first-order chi connectivity index (χ1) is 8.36. The van der Waals surface area contributed by atoms with Crippen LogP contribution in [0.4, 0.5) is 0 Å². The fourth-order valence-corrected chi connectivity index (χ4v) is 4.86. The van der Waals surface area contributed by atoms with Gasteiger partial charge in [0, 0.05) is 29.1 Å². The summed E-state index contributed by atoms with van der Waals surface area (Å²) in [6.07, 6.45) is 4.64. The monoisotopic (exact) mass is 274 g/mol. The molecule has 0 radical (unpaired) electrons. The van der Waals surface area contributed by atoms with E-state index in [0.29, 0.717) is 5.25 Å². The lowest BCUT2D eigenvalue weighted by Crippen LogP contribution is -2.46. The second kappa shape index (κ2) is 7.54. The highest BCUT2D eigenvalue weighted by atomic mass is 32.2. The van der Waals surface area contributed by atoms with Crippen LogP contribution in [-0.4, -0.2) is 47.5 Å². The number of carbonyl (C=O) groups excluding carboxylic acids is 1. The van der Waals surface area contributed by atoms with E-state index >= 15 is 0 Å². The van der Waals surface area contributed by atoms with Crippen LogP contribution in [0.15, 0.2) is 0 Å². The quantitative estimate of drug-likeness (QED) is 0.818. The molecule has 2 fully saturated rings. The Balaban J connectivity index is 1.68. The molecular formula is C12H22N2OS2. The topological polar surface area (TPSA) is 41.1 Å². The van der Waals surface area contributed by atoms with Crippen molar-refractivity contribution in [3.8, 4) is 0 Å². The van der Waals surface area contributed by atoms with Crippen LogP contribution in [0.5, 0.6) is 0 Å². The Morgan fingerprint density at radius 2 is 2.24 bits per heavy atom. The molecule has 2 atom stereocenters. The van der Waals surface area contributed by atoms with Crippen molar-refractivity contribution < 1.29 is 4.79 Å². The van der Waals surface area contributed by atoms with E-state index < -0.39 is 0 Å². The summed E-state index contributed by atoms with van der Waals surface area (Å²) in [4.78, 5) is 12.0. The Morgan fingerprint density at radius 1 is 1.29 bits per heavy atom. The first-order valence-electron chi connectivity index (χ1n) is 6.57. The van der Waals surface area contributed by atoms with E-state index in [4.69, 9.17) is 0 Å². The highest BCUT2D eigenvalue weighted by molar-refractivity contribution is 8.06. The third-order valence-corrected chi connectivity index (χ3v) is 6.11. The summed E-state index contributed by atoms with van der Waals surface area (Å²) in [7, 11) is 0. The van der Waals surface area contributed by atoms with Gasteiger partial charge in [0.2, 0.25) is 5.91 Å². The van der Waals surface area contributed by atoms with Gasteiger partial charge in [0.25, 0.3) is 0 Å². The van der Waals surface area contributed by atoms with Crippen LogP contribution in [-0.2, 0) is 4.79 Å². The maximum atomic E-state index is 12.0. The molecule has 2 heterocycles. The zero-order chi connectivity index (χ0) is 11.9. The smallest absolute Gasteiger partial charge is 0.237 e. The lowest BCUT2D eigenvalue weighted by Gasteiger charge is -2.22. The van der Waals surface area contributed by atoms with E-state index in [1.807, 2.05) is 23.5 Å². The normalized spacial score (nSPS) is 30.6. The Labute approximate surface area is 112 Å². The molecule has 98 valence electrons. The van der Waals surface area contributed by atoms with Gasteiger partial charge in [-0.25, -0.2) is 0 Å². The van der Waals surface area contributed by atoms with Gasteiger partial charge >= 0.3 is 0 Å². The number of amides is 1. The minimum atomic E-state index is 0.0544. The van der Waals surface area contributed by atoms with Crippen molar-refractivity contribution in [3.05, 3.63) is 0 Å². The van der Waals surface area contributed by atoms with Crippen molar-refractivity contribution in [3.63, 3.8) is 0 Å². The van der Waals surface area contributed by atoms with Gasteiger partial charge in [-0.15, -0.1) is 0 Å². The third kappa shape index (κ3) is 4.72. The standard InChI is InChI=1S/C12H22N2OS2/c15-12(11-4-2-1-3-5-13-11)14-8-10-9-16-6-7-17-10/h10-11,13H,1-9H2,(H,14,15). The third-order valence-electron chi connectivity index (χ3n) is 3.27. The predicted octanol–water partition coefficient (Wildman–Crippen LogP) is 1.48. The Morgan fingerprint density at radius 3 is 3.06 bits per heavy atom. The van der Waals surface area contributed by atoms with Gasteiger partial charge in [-0.05, 0) is 19.4 Å². The highest BCUT2D eigenvalue weighted by Gasteiger charge is 2.21. The molecular weight excluding hydrogens is 252 g/mol. The molecule has 2 N–H and O–H groups in total. The number of hydrogen-bond donors (Lipinski definition) is 2. The maximum Gasteiger partial charge on any atom is 0.237 e. The van der Waals surface area contributed by atoms with E-state index in [9.17, 15) is 4.79 Å². The number of thioether (sulfide) groups is 2. The van der Waals surface area contributed by atoms with E-state index in [1.54, 1.807) is 0 Å². The molecule has 2 rings (SSSR count). The van der Waals surface area contributed by atoms with E-state index in [1.165, 1.54) is 36.5 Å². The van der Waals surface area contributed by atoms with Crippen molar-refractivity contribution in [2.75, 3.05) is 30.3 Å². The largest absolute Gasteiger partial charge is 0.354 e. The molecule has 2 aliphatic heterocycles.